The fourth-order valence-corrected chi connectivity index (χ4v) is 5.67. The van der Waals surface area contributed by atoms with Crippen LogP contribution < -0.4 is 0 Å². The third-order valence-electron chi connectivity index (χ3n) is 6.23. The van der Waals surface area contributed by atoms with Gasteiger partial charge in [0.15, 0.2) is 14.9 Å². The SMILES string of the molecule is CC(C)(O)C(=O)N1CC[C@@H](n2c(Cn3nc(S(C)(=O)=O)c4ccncc43)nc3cc(Cl)ccc32)C1. The van der Waals surface area contributed by atoms with Gasteiger partial charge in [-0.15, -0.1) is 0 Å². The molecule has 1 aromatic carbocycles. The topological polar surface area (TPSA) is 123 Å². The Morgan fingerprint density at radius 1 is 1.26 bits per heavy atom. The second-order valence-electron chi connectivity index (χ2n) is 9.41. The molecule has 35 heavy (non-hydrogen) atoms. The van der Waals surface area contributed by atoms with Crippen molar-refractivity contribution in [1.82, 2.24) is 29.2 Å². The monoisotopic (exact) mass is 516 g/mol. The van der Waals surface area contributed by atoms with Crippen LogP contribution in [0.3, 0.4) is 0 Å². The summed E-state index contributed by atoms with van der Waals surface area (Å²) in [6, 6.07) is 7.00. The number of rotatable bonds is 5. The molecule has 1 atom stereocenters. The molecule has 4 heterocycles. The maximum atomic E-state index is 12.7. The minimum absolute atomic E-state index is 0.0107. The molecule has 0 spiro atoms. The summed E-state index contributed by atoms with van der Waals surface area (Å²) in [5.41, 5.74) is 0.669. The Morgan fingerprint density at radius 2 is 2.03 bits per heavy atom. The van der Waals surface area contributed by atoms with E-state index >= 15 is 0 Å². The summed E-state index contributed by atoms with van der Waals surface area (Å²) < 4.78 is 28.4. The van der Waals surface area contributed by atoms with E-state index in [2.05, 4.69) is 14.6 Å². The van der Waals surface area contributed by atoms with E-state index in [1.54, 1.807) is 34.0 Å². The van der Waals surface area contributed by atoms with Crippen molar-refractivity contribution in [2.75, 3.05) is 19.3 Å². The molecule has 0 aliphatic carbocycles. The van der Waals surface area contributed by atoms with Crippen molar-refractivity contribution < 1.29 is 18.3 Å². The first-order valence-electron chi connectivity index (χ1n) is 11.1. The highest BCUT2D eigenvalue weighted by atomic mass is 35.5. The average Bonchev–Trinajstić information content (AvgIpc) is 3.47. The van der Waals surface area contributed by atoms with Gasteiger partial charge in [-0.1, -0.05) is 11.6 Å². The first-order chi connectivity index (χ1) is 16.4. The summed E-state index contributed by atoms with van der Waals surface area (Å²) in [7, 11) is -3.56. The third kappa shape index (κ3) is 4.28. The fraction of sp³-hybridized carbons (Fsp3) is 0.391. The van der Waals surface area contributed by atoms with E-state index in [4.69, 9.17) is 16.6 Å². The van der Waals surface area contributed by atoms with Gasteiger partial charge in [0.2, 0.25) is 0 Å². The molecule has 1 saturated heterocycles. The third-order valence-corrected chi connectivity index (χ3v) is 7.47. The smallest absolute Gasteiger partial charge is 0.254 e. The Labute approximate surface area is 207 Å². The highest BCUT2D eigenvalue weighted by Gasteiger charge is 2.36. The molecule has 0 bridgehead atoms. The fourth-order valence-electron chi connectivity index (χ4n) is 4.68. The number of imidazole rings is 1. The molecule has 184 valence electrons. The van der Waals surface area contributed by atoms with Gasteiger partial charge >= 0.3 is 0 Å². The van der Waals surface area contributed by atoms with Crippen molar-refractivity contribution in [3.05, 3.63) is 47.5 Å². The predicted octanol–water partition coefficient (Wildman–Crippen LogP) is 2.43. The summed E-state index contributed by atoms with van der Waals surface area (Å²) in [4.78, 5) is 23.3. The van der Waals surface area contributed by atoms with Crippen molar-refractivity contribution in [1.29, 1.82) is 0 Å². The lowest BCUT2D eigenvalue weighted by Crippen LogP contribution is -2.44. The first-order valence-corrected chi connectivity index (χ1v) is 13.4. The van der Waals surface area contributed by atoms with E-state index in [1.807, 2.05) is 6.07 Å². The lowest BCUT2D eigenvalue weighted by molar-refractivity contribution is -0.146. The molecule has 0 unspecified atom stereocenters. The number of aromatic nitrogens is 5. The van der Waals surface area contributed by atoms with Gasteiger partial charge in [-0.05, 0) is 44.5 Å². The maximum absolute atomic E-state index is 12.7. The molecule has 1 amide bonds. The zero-order valence-corrected chi connectivity index (χ0v) is 21.1. The van der Waals surface area contributed by atoms with Gasteiger partial charge in [-0.25, -0.2) is 13.4 Å². The van der Waals surface area contributed by atoms with Crippen molar-refractivity contribution in [3.8, 4) is 0 Å². The number of fused-ring (bicyclic) bond motifs is 2. The number of pyridine rings is 1. The Morgan fingerprint density at radius 3 is 2.74 bits per heavy atom. The number of nitrogens with zero attached hydrogens (tertiary/aromatic N) is 6. The summed E-state index contributed by atoms with van der Waals surface area (Å²) in [5.74, 6) is 0.328. The predicted molar refractivity (Wildman–Crippen MR) is 131 cm³/mol. The summed E-state index contributed by atoms with van der Waals surface area (Å²) in [5, 5.41) is 15.6. The van der Waals surface area contributed by atoms with E-state index in [-0.39, 0.29) is 23.5 Å². The van der Waals surface area contributed by atoms with Crippen LogP contribution in [0.1, 0.15) is 32.1 Å². The van der Waals surface area contributed by atoms with E-state index in [9.17, 15) is 18.3 Å². The lowest BCUT2D eigenvalue weighted by Gasteiger charge is -2.25. The summed E-state index contributed by atoms with van der Waals surface area (Å²) >= 11 is 6.22. The van der Waals surface area contributed by atoms with Crippen molar-refractivity contribution in [2.45, 2.75) is 43.5 Å². The number of aliphatic hydroxyl groups is 1. The van der Waals surface area contributed by atoms with Crippen LogP contribution in [0, 0.1) is 0 Å². The van der Waals surface area contributed by atoms with E-state index in [0.29, 0.717) is 46.8 Å². The molecule has 10 nitrogen and oxygen atoms in total. The van der Waals surface area contributed by atoms with Crippen LogP contribution in [0.5, 0.6) is 0 Å². The van der Waals surface area contributed by atoms with Crippen LogP contribution in [-0.2, 0) is 21.2 Å². The van der Waals surface area contributed by atoms with Gasteiger partial charge in [-0.2, -0.15) is 5.10 Å². The van der Waals surface area contributed by atoms with Crippen LogP contribution in [0.2, 0.25) is 5.02 Å². The number of hydrogen-bond donors (Lipinski definition) is 1. The molecule has 0 saturated carbocycles. The number of carbonyl (C=O) groups excluding carboxylic acids is 1. The van der Waals surface area contributed by atoms with Crippen molar-refractivity contribution in [2.24, 2.45) is 0 Å². The van der Waals surface area contributed by atoms with Gasteiger partial charge < -0.3 is 14.6 Å². The second kappa shape index (κ2) is 8.28. The Kier molecular flexibility index (Phi) is 5.61. The Hall–Kier alpha value is -3.02. The van der Waals surface area contributed by atoms with Crippen LogP contribution in [0.4, 0.5) is 0 Å². The highest BCUT2D eigenvalue weighted by Crippen LogP contribution is 2.31. The van der Waals surface area contributed by atoms with Gasteiger partial charge in [0, 0.05) is 36.0 Å². The lowest BCUT2D eigenvalue weighted by atomic mass is 10.1. The summed E-state index contributed by atoms with van der Waals surface area (Å²) in [6.45, 7) is 4.09. The molecule has 4 aromatic rings. The van der Waals surface area contributed by atoms with E-state index in [0.717, 1.165) is 11.8 Å². The minimum Gasteiger partial charge on any atom is -0.381 e. The standard InChI is InChI=1S/C23H25ClN6O4S/c1-23(2,32)22(31)28-9-7-15(12-28)30-18-5-4-14(24)10-17(18)26-20(30)13-29-19-11-25-8-6-16(19)21(27-29)35(3,33)34/h4-6,8,10-11,15,32H,7,9,12-13H2,1-3H3/t15-/m1/s1. The molecule has 1 N–H and O–H groups in total. The number of hydrogen-bond acceptors (Lipinski definition) is 7. The molecular weight excluding hydrogens is 492 g/mol. The van der Waals surface area contributed by atoms with Crippen molar-refractivity contribution >= 4 is 49.3 Å². The number of halogens is 1. The number of benzene rings is 1. The number of likely N-dealkylation sites (tertiary alicyclic amines) is 1. The van der Waals surface area contributed by atoms with Gasteiger partial charge in [0.1, 0.15) is 11.4 Å². The van der Waals surface area contributed by atoms with Gasteiger partial charge in [0.05, 0.1) is 35.3 Å². The number of sulfone groups is 1. The van der Waals surface area contributed by atoms with E-state index < -0.39 is 15.4 Å². The zero-order valence-electron chi connectivity index (χ0n) is 19.5. The van der Waals surface area contributed by atoms with Crippen LogP contribution in [0.15, 0.2) is 41.7 Å². The minimum atomic E-state index is -3.56. The molecule has 3 aromatic heterocycles. The van der Waals surface area contributed by atoms with Crippen LogP contribution >= 0.6 is 11.6 Å². The number of carbonyl (C=O) groups is 1. The second-order valence-corrected chi connectivity index (χ2v) is 11.8. The number of amides is 1. The normalized spacial score (nSPS) is 17.1. The maximum Gasteiger partial charge on any atom is 0.254 e. The van der Waals surface area contributed by atoms with E-state index in [1.165, 1.54) is 20.0 Å². The average molecular weight is 517 g/mol. The molecule has 12 heteroatoms. The quantitative estimate of drug-likeness (QED) is 0.432. The highest BCUT2D eigenvalue weighted by molar-refractivity contribution is 7.90. The zero-order chi connectivity index (χ0) is 25.1. The molecule has 1 aliphatic rings. The largest absolute Gasteiger partial charge is 0.381 e. The Bertz CT molecular complexity index is 1570. The molecule has 0 radical (unpaired) electrons. The molecule has 5 rings (SSSR count). The van der Waals surface area contributed by atoms with Gasteiger partial charge in [0.25, 0.3) is 5.91 Å². The molecule has 1 aliphatic heterocycles. The Balaban J connectivity index is 1.60. The first kappa shape index (κ1) is 23.7. The van der Waals surface area contributed by atoms with Gasteiger partial charge in [-0.3, -0.25) is 14.5 Å². The summed E-state index contributed by atoms with van der Waals surface area (Å²) in [6.07, 6.45) is 4.93. The van der Waals surface area contributed by atoms with Crippen LogP contribution in [-0.4, -0.2) is 73.6 Å². The van der Waals surface area contributed by atoms with Crippen LogP contribution in [0.25, 0.3) is 21.9 Å². The van der Waals surface area contributed by atoms with Crippen molar-refractivity contribution in [3.63, 3.8) is 0 Å². The molecular formula is C23H25ClN6O4S. The molecule has 1 fully saturated rings.